The number of aliphatic imine (C=N–C) groups is 1. The van der Waals surface area contributed by atoms with E-state index in [1.807, 2.05) is 42.5 Å². The number of ether oxygens (including phenoxy) is 1. The Bertz CT molecular complexity index is 1340. The normalized spacial score (nSPS) is 15.8. The first-order chi connectivity index (χ1) is 16.7. The summed E-state index contributed by atoms with van der Waals surface area (Å²) in [4.78, 5) is 30.4. The van der Waals surface area contributed by atoms with E-state index in [4.69, 9.17) is 21.4 Å². The fourth-order valence-electron chi connectivity index (χ4n) is 3.13. The Labute approximate surface area is 233 Å². The minimum Gasteiger partial charge on any atom is -0.487 e. The van der Waals surface area contributed by atoms with E-state index in [-0.39, 0.29) is 11.5 Å². The standard InChI is InChI=1S/C25H17BrClIN2O4S/c1-30-23(31)21(35-25(30)29-18-8-4-16(5-9-18)24(32)33)12-15-10-19(26)22(20(28)11-15)34-13-14-2-6-17(27)7-3-14/h2-12H,13H2,1H3,(H,32,33)/b21-12-,29-25?. The second kappa shape index (κ2) is 11.2. The van der Waals surface area contributed by atoms with Crippen molar-refractivity contribution in [1.82, 2.24) is 4.90 Å². The number of thioether (sulfide) groups is 1. The van der Waals surface area contributed by atoms with Crippen LogP contribution in [0.5, 0.6) is 5.75 Å². The average molecular weight is 684 g/mol. The molecule has 1 aliphatic heterocycles. The van der Waals surface area contributed by atoms with Gasteiger partial charge in [-0.25, -0.2) is 9.79 Å². The van der Waals surface area contributed by atoms with Crippen LogP contribution >= 0.6 is 61.9 Å². The number of rotatable bonds is 6. The maximum absolute atomic E-state index is 12.8. The highest BCUT2D eigenvalue weighted by Gasteiger charge is 2.30. The number of carbonyl (C=O) groups excluding carboxylic acids is 1. The topological polar surface area (TPSA) is 79.2 Å². The molecule has 0 spiro atoms. The Morgan fingerprint density at radius 3 is 2.51 bits per heavy atom. The minimum atomic E-state index is -1.00. The zero-order chi connectivity index (χ0) is 25.1. The summed E-state index contributed by atoms with van der Waals surface area (Å²) in [6.45, 7) is 0.401. The van der Waals surface area contributed by atoms with Gasteiger partial charge >= 0.3 is 5.97 Å². The molecule has 1 N–H and O–H groups in total. The number of hydrogen-bond donors (Lipinski definition) is 1. The Balaban J connectivity index is 1.52. The number of amidine groups is 1. The summed E-state index contributed by atoms with van der Waals surface area (Å²) in [6.07, 6.45) is 1.81. The molecule has 178 valence electrons. The lowest BCUT2D eigenvalue weighted by Gasteiger charge is -2.12. The van der Waals surface area contributed by atoms with Crippen molar-refractivity contribution >= 4 is 90.7 Å². The molecule has 0 bridgehead atoms. The van der Waals surface area contributed by atoms with Crippen molar-refractivity contribution in [3.05, 3.63) is 95.3 Å². The highest BCUT2D eigenvalue weighted by atomic mass is 127. The largest absolute Gasteiger partial charge is 0.487 e. The molecule has 0 saturated carbocycles. The van der Waals surface area contributed by atoms with E-state index in [2.05, 4.69) is 43.5 Å². The summed E-state index contributed by atoms with van der Waals surface area (Å²) in [7, 11) is 1.66. The van der Waals surface area contributed by atoms with Crippen molar-refractivity contribution in [2.24, 2.45) is 4.99 Å². The molecule has 3 aromatic rings. The van der Waals surface area contributed by atoms with Crippen LogP contribution in [0.3, 0.4) is 0 Å². The van der Waals surface area contributed by atoms with Crippen LogP contribution in [0.2, 0.25) is 5.02 Å². The van der Waals surface area contributed by atoms with Gasteiger partial charge in [0.1, 0.15) is 12.4 Å². The molecule has 1 fully saturated rings. The van der Waals surface area contributed by atoms with Gasteiger partial charge in [0, 0.05) is 12.1 Å². The lowest BCUT2D eigenvalue weighted by molar-refractivity contribution is -0.121. The highest BCUT2D eigenvalue weighted by molar-refractivity contribution is 14.1. The Morgan fingerprint density at radius 1 is 1.20 bits per heavy atom. The molecule has 35 heavy (non-hydrogen) atoms. The third kappa shape index (κ3) is 6.27. The van der Waals surface area contributed by atoms with Gasteiger partial charge in [-0.3, -0.25) is 9.69 Å². The van der Waals surface area contributed by atoms with Crippen molar-refractivity contribution in [3.8, 4) is 5.75 Å². The summed E-state index contributed by atoms with van der Waals surface area (Å²) in [5.41, 5.74) is 2.59. The quantitative estimate of drug-likeness (QED) is 0.219. The first kappa shape index (κ1) is 25.7. The molecule has 0 unspecified atom stereocenters. The van der Waals surface area contributed by atoms with E-state index in [0.717, 1.165) is 24.9 Å². The van der Waals surface area contributed by atoms with E-state index in [1.165, 1.54) is 28.8 Å². The predicted molar refractivity (Wildman–Crippen MR) is 151 cm³/mol. The van der Waals surface area contributed by atoms with E-state index < -0.39 is 5.97 Å². The van der Waals surface area contributed by atoms with Crippen LogP contribution in [-0.4, -0.2) is 34.1 Å². The van der Waals surface area contributed by atoms with Crippen molar-refractivity contribution in [3.63, 3.8) is 0 Å². The van der Waals surface area contributed by atoms with E-state index in [0.29, 0.717) is 27.4 Å². The zero-order valence-electron chi connectivity index (χ0n) is 18.2. The number of carboxylic acids is 1. The third-order valence-electron chi connectivity index (χ3n) is 4.96. The van der Waals surface area contributed by atoms with Crippen LogP contribution < -0.4 is 4.74 Å². The molecule has 0 radical (unpaired) electrons. The van der Waals surface area contributed by atoms with Crippen molar-refractivity contribution in [2.45, 2.75) is 6.61 Å². The molecular weight excluding hydrogens is 667 g/mol. The maximum Gasteiger partial charge on any atom is 0.335 e. The molecule has 10 heteroatoms. The van der Waals surface area contributed by atoms with Crippen LogP contribution in [0.15, 0.2) is 75.0 Å². The molecule has 0 atom stereocenters. The lowest BCUT2D eigenvalue weighted by Crippen LogP contribution is -2.23. The number of halogens is 3. The van der Waals surface area contributed by atoms with Crippen LogP contribution in [0.4, 0.5) is 5.69 Å². The Kier molecular flexibility index (Phi) is 8.20. The van der Waals surface area contributed by atoms with Crippen LogP contribution in [0.1, 0.15) is 21.5 Å². The summed E-state index contributed by atoms with van der Waals surface area (Å²) < 4.78 is 7.69. The molecule has 4 rings (SSSR count). The number of nitrogens with zero attached hydrogens (tertiary/aromatic N) is 2. The fourth-order valence-corrected chi connectivity index (χ4v) is 6.01. The van der Waals surface area contributed by atoms with E-state index >= 15 is 0 Å². The van der Waals surface area contributed by atoms with Gasteiger partial charge in [0.25, 0.3) is 5.91 Å². The minimum absolute atomic E-state index is 0.162. The fraction of sp³-hybridized carbons (Fsp3) is 0.0800. The number of carbonyl (C=O) groups is 2. The molecule has 0 aliphatic carbocycles. The van der Waals surface area contributed by atoms with Gasteiger partial charge < -0.3 is 9.84 Å². The van der Waals surface area contributed by atoms with E-state index in [1.54, 1.807) is 19.2 Å². The molecule has 0 aromatic heterocycles. The van der Waals surface area contributed by atoms with E-state index in [9.17, 15) is 9.59 Å². The van der Waals surface area contributed by atoms with Gasteiger partial charge in [0.2, 0.25) is 0 Å². The van der Waals surface area contributed by atoms with Crippen LogP contribution in [0, 0.1) is 3.57 Å². The number of hydrogen-bond acceptors (Lipinski definition) is 5. The van der Waals surface area contributed by atoms with Crippen molar-refractivity contribution in [1.29, 1.82) is 0 Å². The van der Waals surface area contributed by atoms with Gasteiger partial charge in [-0.1, -0.05) is 23.7 Å². The molecule has 1 aliphatic rings. The Morgan fingerprint density at radius 2 is 1.89 bits per heavy atom. The monoisotopic (exact) mass is 682 g/mol. The number of amides is 1. The van der Waals surface area contributed by atoms with Gasteiger partial charge in [-0.2, -0.15) is 0 Å². The summed E-state index contributed by atoms with van der Waals surface area (Å²) in [6, 6.07) is 17.5. The number of likely N-dealkylation sites (N-methyl/N-ethyl adjacent to an activating group) is 1. The number of carboxylic acid groups (broad SMARTS) is 1. The van der Waals surface area contributed by atoms with Gasteiger partial charge in [0.05, 0.1) is 24.2 Å². The molecular formula is C25H17BrClIN2O4S. The second-order valence-electron chi connectivity index (χ2n) is 7.45. The molecule has 6 nitrogen and oxygen atoms in total. The summed E-state index contributed by atoms with van der Waals surface area (Å²) in [5.74, 6) is -0.443. The van der Waals surface area contributed by atoms with Crippen LogP contribution in [0.25, 0.3) is 6.08 Å². The Hall–Kier alpha value is -2.34. The second-order valence-corrected chi connectivity index (χ2v) is 10.9. The van der Waals surface area contributed by atoms with Gasteiger partial charge in [0.15, 0.2) is 5.17 Å². The molecule has 3 aromatic carbocycles. The summed E-state index contributed by atoms with van der Waals surface area (Å²) in [5, 5.41) is 10.2. The molecule has 1 heterocycles. The number of aromatic carboxylic acids is 1. The third-order valence-corrected chi connectivity index (χ3v) is 7.66. The van der Waals surface area contributed by atoms with Gasteiger partial charge in [-0.05, 0) is 116 Å². The molecule has 1 amide bonds. The zero-order valence-corrected chi connectivity index (χ0v) is 23.5. The smallest absolute Gasteiger partial charge is 0.335 e. The average Bonchev–Trinajstić information content (AvgIpc) is 3.07. The lowest BCUT2D eigenvalue weighted by atomic mass is 10.2. The van der Waals surface area contributed by atoms with Crippen molar-refractivity contribution < 1.29 is 19.4 Å². The first-order valence-electron chi connectivity index (χ1n) is 10.2. The predicted octanol–water partition coefficient (Wildman–Crippen LogP) is 7.22. The molecule has 1 saturated heterocycles. The first-order valence-corrected chi connectivity index (χ1v) is 13.2. The number of benzene rings is 3. The van der Waals surface area contributed by atoms with Crippen molar-refractivity contribution in [2.75, 3.05) is 7.05 Å². The van der Waals surface area contributed by atoms with Gasteiger partial charge in [-0.15, -0.1) is 0 Å². The highest BCUT2D eigenvalue weighted by Crippen LogP contribution is 2.37. The maximum atomic E-state index is 12.8. The SMILES string of the molecule is CN1C(=O)/C(=C/c2cc(Br)c(OCc3ccc(Cl)cc3)c(I)c2)SC1=Nc1ccc(C(=O)O)cc1. The van der Waals surface area contributed by atoms with Crippen LogP contribution in [-0.2, 0) is 11.4 Å². The summed E-state index contributed by atoms with van der Waals surface area (Å²) >= 11 is 13.0.